The molecule has 0 radical (unpaired) electrons. The van der Waals surface area contributed by atoms with Crippen molar-refractivity contribution in [1.29, 1.82) is 5.26 Å². The van der Waals surface area contributed by atoms with Gasteiger partial charge in [0.15, 0.2) is 5.82 Å². The molecule has 1 aromatic heterocycles. The summed E-state index contributed by atoms with van der Waals surface area (Å²) >= 11 is 0. The van der Waals surface area contributed by atoms with Gasteiger partial charge in [0.2, 0.25) is 0 Å². The van der Waals surface area contributed by atoms with Gasteiger partial charge in [-0.15, -0.1) is 0 Å². The van der Waals surface area contributed by atoms with Gasteiger partial charge in [-0.1, -0.05) is 55.4 Å². The normalized spacial score (nSPS) is 19.2. The number of fused-ring (bicyclic) bond motifs is 2. The number of rotatable bonds is 4. The van der Waals surface area contributed by atoms with E-state index in [-0.39, 0.29) is 23.9 Å². The predicted octanol–water partition coefficient (Wildman–Crippen LogP) is 5.62. The number of anilines is 2. The highest BCUT2D eigenvalue weighted by molar-refractivity contribution is 6.08. The summed E-state index contributed by atoms with van der Waals surface area (Å²) in [7, 11) is 1.85. The van der Waals surface area contributed by atoms with Gasteiger partial charge < -0.3 is 14.3 Å². The highest BCUT2D eigenvalue weighted by Crippen LogP contribution is 2.41. The van der Waals surface area contributed by atoms with Crippen LogP contribution in [0.15, 0.2) is 71.3 Å². The average molecular weight is 533 g/mol. The Bertz CT molecular complexity index is 1620. The molecule has 1 saturated heterocycles. The van der Waals surface area contributed by atoms with Crippen molar-refractivity contribution in [1.82, 2.24) is 15.0 Å². The second-order valence-corrected chi connectivity index (χ2v) is 10.9. The van der Waals surface area contributed by atoms with Gasteiger partial charge in [0.1, 0.15) is 6.07 Å². The van der Waals surface area contributed by atoms with E-state index in [1.807, 2.05) is 75.5 Å². The van der Waals surface area contributed by atoms with Crippen molar-refractivity contribution >= 4 is 17.3 Å². The van der Waals surface area contributed by atoms with Crippen molar-refractivity contribution in [2.24, 2.45) is 0 Å². The molecule has 0 spiro atoms. The van der Waals surface area contributed by atoms with Crippen LogP contribution in [0.25, 0.3) is 11.5 Å². The van der Waals surface area contributed by atoms with Crippen LogP contribution in [0.4, 0.5) is 11.4 Å². The molecule has 4 aromatic rings. The van der Waals surface area contributed by atoms with Gasteiger partial charge in [0.05, 0.1) is 17.3 Å². The fraction of sp³-hybridized carbons (Fsp3) is 0.312. The van der Waals surface area contributed by atoms with Crippen LogP contribution >= 0.6 is 0 Å². The molecule has 0 saturated carbocycles. The largest absolute Gasteiger partial charge is 0.365 e. The van der Waals surface area contributed by atoms with E-state index in [0.717, 1.165) is 53.3 Å². The lowest BCUT2D eigenvalue weighted by atomic mass is 9.92. The van der Waals surface area contributed by atoms with E-state index in [9.17, 15) is 10.1 Å². The Labute approximate surface area is 234 Å². The molecular weight excluding hydrogens is 500 g/mol. The van der Waals surface area contributed by atoms with Crippen LogP contribution in [0.3, 0.4) is 0 Å². The van der Waals surface area contributed by atoms with Crippen LogP contribution in [-0.2, 0) is 0 Å². The number of carbonyl (C=O) groups excluding carboxylic acids is 1. The zero-order chi connectivity index (χ0) is 28.0. The zero-order valence-electron chi connectivity index (χ0n) is 23.2. The molecule has 1 fully saturated rings. The van der Waals surface area contributed by atoms with E-state index in [0.29, 0.717) is 17.3 Å². The quantitative estimate of drug-likeness (QED) is 0.337. The number of benzene rings is 3. The minimum absolute atomic E-state index is 0.0118. The first-order valence-electron chi connectivity index (χ1n) is 13.7. The summed E-state index contributed by atoms with van der Waals surface area (Å²) in [6.45, 7) is 8.53. The van der Waals surface area contributed by atoms with Crippen LogP contribution in [-0.4, -0.2) is 53.7 Å². The van der Waals surface area contributed by atoms with Gasteiger partial charge in [-0.2, -0.15) is 10.2 Å². The Morgan fingerprint density at radius 3 is 2.48 bits per heavy atom. The number of hydrogen-bond acceptors (Lipinski definition) is 7. The Morgan fingerprint density at radius 1 is 1.00 bits per heavy atom. The third-order valence-corrected chi connectivity index (χ3v) is 8.04. The molecule has 3 aromatic carbocycles. The number of nitriles is 1. The topological polar surface area (TPSA) is 89.5 Å². The van der Waals surface area contributed by atoms with E-state index in [4.69, 9.17) is 4.52 Å². The summed E-state index contributed by atoms with van der Waals surface area (Å²) in [6, 6.07) is 24.4. The minimum atomic E-state index is -0.0450. The Balaban J connectivity index is 1.31. The summed E-state index contributed by atoms with van der Waals surface area (Å²) in [6.07, 6.45) is 0. The third kappa shape index (κ3) is 4.33. The third-order valence-electron chi connectivity index (χ3n) is 8.04. The smallest absolute Gasteiger partial charge is 0.258 e. The van der Waals surface area contributed by atoms with Crippen molar-refractivity contribution in [3.05, 3.63) is 94.8 Å². The first-order chi connectivity index (χ1) is 19.4. The zero-order valence-corrected chi connectivity index (χ0v) is 23.2. The Kier molecular flexibility index (Phi) is 6.60. The molecule has 3 heterocycles. The second kappa shape index (κ2) is 10.2. The second-order valence-electron chi connectivity index (χ2n) is 10.9. The lowest BCUT2D eigenvalue weighted by Crippen LogP contribution is -2.53. The molecular formula is C32H32N6O2. The molecule has 2 aliphatic heterocycles. The van der Waals surface area contributed by atoms with Gasteiger partial charge >= 0.3 is 0 Å². The van der Waals surface area contributed by atoms with Crippen LogP contribution in [0, 0.1) is 11.3 Å². The predicted molar refractivity (Wildman–Crippen MR) is 154 cm³/mol. The molecule has 2 atom stereocenters. The van der Waals surface area contributed by atoms with E-state index in [1.165, 1.54) is 0 Å². The maximum absolute atomic E-state index is 13.4. The Morgan fingerprint density at radius 2 is 1.75 bits per heavy atom. The number of para-hydroxylation sites is 1. The Hall–Kier alpha value is -4.48. The molecule has 0 N–H and O–H groups in total. The molecule has 0 bridgehead atoms. The summed E-state index contributed by atoms with van der Waals surface area (Å²) in [4.78, 5) is 24.5. The lowest BCUT2D eigenvalue weighted by molar-refractivity contribution is 0.0992. The van der Waals surface area contributed by atoms with E-state index >= 15 is 0 Å². The van der Waals surface area contributed by atoms with Crippen LogP contribution < -0.4 is 9.80 Å². The number of hydrogen-bond donors (Lipinski definition) is 0. The molecule has 1 amide bonds. The molecule has 1 unspecified atom stereocenters. The van der Waals surface area contributed by atoms with E-state index in [1.54, 1.807) is 4.90 Å². The monoisotopic (exact) mass is 532 g/mol. The first-order valence-corrected chi connectivity index (χ1v) is 13.7. The van der Waals surface area contributed by atoms with Crippen LogP contribution in [0.1, 0.15) is 65.6 Å². The van der Waals surface area contributed by atoms with Gasteiger partial charge in [0, 0.05) is 55.5 Å². The molecule has 2 aliphatic rings. The molecule has 6 rings (SSSR count). The van der Waals surface area contributed by atoms with Gasteiger partial charge in [-0.05, 0) is 48.4 Å². The summed E-state index contributed by atoms with van der Waals surface area (Å²) in [5.74, 6) is 1.25. The average Bonchev–Trinajstić information content (AvgIpc) is 3.45. The minimum Gasteiger partial charge on any atom is -0.365 e. The van der Waals surface area contributed by atoms with Crippen molar-refractivity contribution in [2.45, 2.75) is 38.8 Å². The summed E-state index contributed by atoms with van der Waals surface area (Å²) in [5, 5.41) is 14.1. The van der Waals surface area contributed by atoms with Crippen LogP contribution in [0.2, 0.25) is 0 Å². The molecule has 202 valence electrons. The maximum Gasteiger partial charge on any atom is 0.258 e. The van der Waals surface area contributed by atoms with Crippen molar-refractivity contribution < 1.29 is 9.32 Å². The fourth-order valence-electron chi connectivity index (χ4n) is 5.98. The lowest BCUT2D eigenvalue weighted by Gasteiger charge is -2.45. The van der Waals surface area contributed by atoms with Gasteiger partial charge in [-0.25, -0.2) is 0 Å². The highest BCUT2D eigenvalue weighted by atomic mass is 16.5. The summed E-state index contributed by atoms with van der Waals surface area (Å²) in [5.41, 5.74) is 6.07. The van der Waals surface area contributed by atoms with Crippen molar-refractivity contribution in [2.75, 3.05) is 36.5 Å². The molecule has 8 heteroatoms. The van der Waals surface area contributed by atoms with E-state index in [2.05, 4.69) is 45.1 Å². The highest BCUT2D eigenvalue weighted by Gasteiger charge is 2.37. The maximum atomic E-state index is 13.4. The number of amides is 1. The number of aromatic nitrogens is 2. The van der Waals surface area contributed by atoms with Crippen molar-refractivity contribution in [3.8, 4) is 17.5 Å². The first kappa shape index (κ1) is 25.8. The fourth-order valence-corrected chi connectivity index (χ4v) is 5.98. The molecule has 8 nitrogen and oxygen atoms in total. The number of carbonyl (C=O) groups is 1. The SMILES string of the molecule is CC(C)c1noc(-c2ccc(N3CCN(C4c5ccccc5C(=O)N(C)c5ccccc54)C[C@H]3C)c(C#N)c2)n1. The standard InChI is InChI=1S/C32H32N6O2/c1-20(2)30-34-31(40-35-30)22-13-14-27(23(17-22)18-33)38-16-15-37(19-21(38)3)29-24-9-5-6-10-25(24)32(39)36(4)28-12-8-7-11-26(28)29/h5-14,17,20-21,29H,15-16,19H2,1-4H3/t21-,29?/m1/s1. The van der Waals surface area contributed by atoms with Crippen molar-refractivity contribution in [3.63, 3.8) is 0 Å². The van der Waals surface area contributed by atoms with E-state index < -0.39 is 0 Å². The van der Waals surface area contributed by atoms with Crippen LogP contribution in [0.5, 0.6) is 0 Å². The van der Waals surface area contributed by atoms with Gasteiger partial charge in [0.25, 0.3) is 11.8 Å². The molecule has 0 aliphatic carbocycles. The van der Waals surface area contributed by atoms with Gasteiger partial charge in [-0.3, -0.25) is 9.69 Å². The molecule has 40 heavy (non-hydrogen) atoms. The summed E-state index contributed by atoms with van der Waals surface area (Å²) < 4.78 is 5.46. The number of nitrogens with zero attached hydrogens (tertiary/aromatic N) is 6. The number of piperazine rings is 1.